The number of rotatable bonds is 4. The van der Waals surface area contributed by atoms with Crippen LogP contribution < -0.4 is 0 Å². The van der Waals surface area contributed by atoms with Gasteiger partial charge in [-0.25, -0.2) is 0 Å². The maximum absolute atomic E-state index is 13.3. The van der Waals surface area contributed by atoms with E-state index in [4.69, 9.17) is 17.3 Å². The zero-order valence-corrected chi connectivity index (χ0v) is 20.7. The molecule has 2 aromatic rings. The fourth-order valence-corrected chi connectivity index (χ4v) is 10.3. The topological polar surface area (TPSA) is 90.5 Å². The van der Waals surface area contributed by atoms with E-state index >= 15 is 0 Å². The van der Waals surface area contributed by atoms with Crippen LogP contribution in [0.5, 0.6) is 0 Å². The van der Waals surface area contributed by atoms with Gasteiger partial charge in [-0.1, -0.05) is 28.1 Å². The van der Waals surface area contributed by atoms with E-state index in [1.807, 2.05) is 12.1 Å². The van der Waals surface area contributed by atoms with Crippen LogP contribution in [0.2, 0.25) is 0 Å². The number of fused-ring (bicyclic) bond motifs is 9. The van der Waals surface area contributed by atoms with Crippen molar-refractivity contribution in [1.82, 2.24) is 9.88 Å². The van der Waals surface area contributed by atoms with Crippen LogP contribution in [0, 0.1) is 33.5 Å². The van der Waals surface area contributed by atoms with E-state index in [1.165, 1.54) is 15.3 Å². The first-order valence-electron chi connectivity index (χ1n) is 10.6. The molecule has 166 valence electrons. The average Bonchev–Trinajstić information content (AvgIpc) is 3.46. The molecule has 0 spiro atoms. The molecule has 0 radical (unpaired) electrons. The van der Waals surface area contributed by atoms with Crippen LogP contribution in [0.3, 0.4) is 0 Å². The molecule has 3 heterocycles. The number of aromatic amines is 1. The Morgan fingerprint density at radius 2 is 2.00 bits per heavy atom. The van der Waals surface area contributed by atoms with Gasteiger partial charge in [-0.3, -0.25) is 19.3 Å². The van der Waals surface area contributed by atoms with Crippen molar-refractivity contribution in [2.75, 3.05) is 6.54 Å². The van der Waals surface area contributed by atoms with Gasteiger partial charge in [-0.05, 0) is 54.1 Å². The molecule has 4 aliphatic rings. The number of carbonyl (C=O) groups excluding carboxylic acids is 2. The van der Waals surface area contributed by atoms with Gasteiger partial charge in [0.25, 0.3) is 0 Å². The molecule has 2 aliphatic carbocycles. The molecule has 2 N–H and O–H groups in total. The van der Waals surface area contributed by atoms with Gasteiger partial charge in [0.05, 0.1) is 23.3 Å². The van der Waals surface area contributed by atoms with Gasteiger partial charge in [-0.15, -0.1) is 23.1 Å². The van der Waals surface area contributed by atoms with Crippen LogP contribution in [0.15, 0.2) is 33.8 Å². The van der Waals surface area contributed by atoms with Gasteiger partial charge in [0, 0.05) is 27.1 Å². The molecule has 7 unspecified atom stereocenters. The highest BCUT2D eigenvalue weighted by atomic mass is 79.9. The zero-order chi connectivity index (χ0) is 22.3. The number of nitrogens with zero attached hydrogens (tertiary/aromatic N) is 1. The maximum Gasteiger partial charge on any atom is 0.305 e. The summed E-state index contributed by atoms with van der Waals surface area (Å²) in [4.78, 5) is 43.3. The Morgan fingerprint density at radius 1 is 1.25 bits per heavy atom. The predicted molar refractivity (Wildman–Crippen MR) is 126 cm³/mol. The second kappa shape index (κ2) is 7.51. The van der Waals surface area contributed by atoms with E-state index in [2.05, 4.69) is 33.0 Å². The third-order valence-electron chi connectivity index (χ3n) is 7.57. The Bertz CT molecular complexity index is 1230. The molecule has 10 heteroatoms. The Kier molecular flexibility index (Phi) is 4.95. The summed E-state index contributed by atoms with van der Waals surface area (Å²) < 4.78 is 1.76. The first-order valence-corrected chi connectivity index (χ1v) is 13.5. The minimum Gasteiger partial charge on any atom is -0.481 e. The Balaban J connectivity index is 1.42. The number of thioether (sulfide) groups is 1. The van der Waals surface area contributed by atoms with Crippen LogP contribution in [0.25, 0.3) is 0 Å². The van der Waals surface area contributed by atoms with Crippen LogP contribution in [0.4, 0.5) is 0 Å². The van der Waals surface area contributed by atoms with Crippen molar-refractivity contribution < 1.29 is 19.5 Å². The van der Waals surface area contributed by atoms with Crippen molar-refractivity contribution in [2.24, 2.45) is 29.6 Å². The van der Waals surface area contributed by atoms with Crippen LogP contribution in [0.1, 0.15) is 29.2 Å². The molecule has 2 aliphatic heterocycles. The predicted octanol–water partition coefficient (Wildman–Crippen LogP) is 4.52. The minimum absolute atomic E-state index is 0.0304. The number of benzene rings is 1. The van der Waals surface area contributed by atoms with Crippen LogP contribution >= 0.6 is 51.2 Å². The highest BCUT2D eigenvalue weighted by Crippen LogP contribution is 2.68. The highest BCUT2D eigenvalue weighted by molar-refractivity contribution is 9.10. The first-order chi connectivity index (χ1) is 15.3. The molecule has 32 heavy (non-hydrogen) atoms. The molecular weight excluding hydrogens is 532 g/mol. The molecular formula is C22H19BrN2O4S3. The van der Waals surface area contributed by atoms with E-state index in [0.717, 1.165) is 19.9 Å². The maximum atomic E-state index is 13.3. The number of thiazole rings is 1. The van der Waals surface area contributed by atoms with Gasteiger partial charge in [0.15, 0.2) is 3.95 Å². The summed E-state index contributed by atoms with van der Waals surface area (Å²) in [6.07, 6.45) is 0.671. The second-order valence-corrected chi connectivity index (χ2v) is 12.8. The summed E-state index contributed by atoms with van der Waals surface area (Å²) in [5.41, 5.74) is 1.20. The van der Waals surface area contributed by atoms with Gasteiger partial charge < -0.3 is 10.1 Å². The molecule has 2 saturated carbocycles. The summed E-state index contributed by atoms with van der Waals surface area (Å²) in [5, 5.41) is 10.4. The number of hydrogen-bond acceptors (Lipinski definition) is 6. The van der Waals surface area contributed by atoms with Crippen molar-refractivity contribution >= 4 is 69.0 Å². The number of likely N-dealkylation sites (tertiary alicyclic amines) is 1. The SMILES string of the molecule is O=C(O)CCN1C(=O)C2C3CC(C2C1=O)C1C(c2cccc(Br)c2)c2sc(=S)[nH]c2SC31. The van der Waals surface area contributed by atoms with Crippen LogP contribution in [-0.2, 0) is 14.4 Å². The third-order valence-corrected chi connectivity index (χ3v) is 11.0. The van der Waals surface area contributed by atoms with Crippen molar-refractivity contribution in [3.63, 3.8) is 0 Å². The quantitative estimate of drug-likeness (QED) is 0.429. The van der Waals surface area contributed by atoms with E-state index in [0.29, 0.717) is 0 Å². The summed E-state index contributed by atoms with van der Waals surface area (Å²) in [7, 11) is 0. The number of amides is 2. The fraction of sp³-hybridized carbons (Fsp3) is 0.455. The second-order valence-electron chi connectivity index (χ2n) is 8.99. The standard InChI is InChI=1S/C22H19BrN2O4S3/c23-9-3-1-2-8(6-9)13-14-10-7-11(17(14)31-19-18(13)32-22(30)24-19)16-15(10)20(28)25(21(16)29)5-4-12(26)27/h1-3,6,10-11,13-17H,4-5,7H2,(H,24,30)(H,26,27). The van der Waals surface area contributed by atoms with E-state index in [1.54, 1.807) is 23.1 Å². The smallest absolute Gasteiger partial charge is 0.305 e. The number of hydrogen-bond donors (Lipinski definition) is 2. The normalized spacial score (nSPS) is 34.5. The fourth-order valence-electron chi connectivity index (χ4n) is 6.58. The first kappa shape index (κ1) is 21.1. The summed E-state index contributed by atoms with van der Waals surface area (Å²) in [6, 6.07) is 8.33. The lowest BCUT2D eigenvalue weighted by Gasteiger charge is -2.43. The van der Waals surface area contributed by atoms with Crippen molar-refractivity contribution in [1.29, 1.82) is 0 Å². The number of imide groups is 1. The summed E-state index contributed by atoms with van der Waals surface area (Å²) in [5.74, 6) is -1.38. The number of nitrogens with one attached hydrogen (secondary N) is 1. The van der Waals surface area contributed by atoms with E-state index in [9.17, 15) is 14.4 Å². The monoisotopic (exact) mass is 550 g/mol. The van der Waals surface area contributed by atoms with Crippen LogP contribution in [-0.4, -0.2) is 44.6 Å². The number of aliphatic carboxylic acids is 1. The Morgan fingerprint density at radius 3 is 2.72 bits per heavy atom. The average molecular weight is 552 g/mol. The zero-order valence-electron chi connectivity index (χ0n) is 16.7. The summed E-state index contributed by atoms with van der Waals surface area (Å²) >= 11 is 12.5. The number of H-pyrrole nitrogens is 1. The number of carboxylic acid groups (broad SMARTS) is 1. The molecule has 2 amide bonds. The Hall–Kier alpha value is -1.49. The summed E-state index contributed by atoms with van der Waals surface area (Å²) in [6.45, 7) is -0.0304. The number of halogens is 1. The van der Waals surface area contributed by atoms with Crippen molar-refractivity contribution in [3.8, 4) is 0 Å². The van der Waals surface area contributed by atoms with Gasteiger partial charge >= 0.3 is 5.97 Å². The number of carboxylic acids is 1. The Labute approximate surface area is 205 Å². The largest absolute Gasteiger partial charge is 0.481 e. The lowest BCUT2D eigenvalue weighted by molar-refractivity contribution is -0.142. The van der Waals surface area contributed by atoms with Crippen molar-refractivity contribution in [3.05, 3.63) is 43.1 Å². The molecule has 1 aromatic carbocycles. The molecule has 6 nitrogen and oxygen atoms in total. The number of carbonyl (C=O) groups is 3. The molecule has 7 atom stereocenters. The molecule has 3 fully saturated rings. The lowest BCUT2D eigenvalue weighted by atomic mass is 9.68. The van der Waals surface area contributed by atoms with Gasteiger partial charge in [0.1, 0.15) is 0 Å². The third kappa shape index (κ3) is 2.95. The number of aromatic nitrogens is 1. The van der Waals surface area contributed by atoms with Gasteiger partial charge in [-0.2, -0.15) is 0 Å². The van der Waals surface area contributed by atoms with E-state index in [-0.39, 0.29) is 65.5 Å². The van der Waals surface area contributed by atoms with Gasteiger partial charge in [0.2, 0.25) is 11.8 Å². The molecule has 6 rings (SSSR count). The van der Waals surface area contributed by atoms with E-state index < -0.39 is 5.97 Å². The molecule has 1 aromatic heterocycles. The molecule has 2 bridgehead atoms. The lowest BCUT2D eigenvalue weighted by Crippen LogP contribution is -2.42. The minimum atomic E-state index is -0.996. The molecule has 1 saturated heterocycles. The highest BCUT2D eigenvalue weighted by Gasteiger charge is 2.69. The van der Waals surface area contributed by atoms with Crippen molar-refractivity contribution in [2.45, 2.75) is 29.0 Å².